The Morgan fingerprint density at radius 1 is 1.32 bits per heavy atom. The summed E-state index contributed by atoms with van der Waals surface area (Å²) in [5, 5.41) is 7.25. The summed E-state index contributed by atoms with van der Waals surface area (Å²) < 4.78 is 14.8. The fraction of sp³-hybridized carbons (Fsp3) is 0.0833. The summed E-state index contributed by atoms with van der Waals surface area (Å²) in [5.41, 5.74) is 2.14. The molecule has 0 radical (unpaired) electrons. The van der Waals surface area contributed by atoms with E-state index in [4.69, 9.17) is 11.6 Å². The molecule has 0 spiro atoms. The zero-order valence-corrected chi connectivity index (χ0v) is 10.7. The minimum Gasteiger partial charge on any atom is -0.338 e. The second kappa shape index (κ2) is 4.47. The Labute approximate surface area is 113 Å². The highest BCUT2D eigenvalue weighted by atomic mass is 35.5. The molecule has 0 aliphatic carbocycles. The Hall–Kier alpha value is -2.21. The molecule has 7 heteroatoms. The normalized spacial score (nSPS) is 10.9. The number of aryl methyl sites for hydroxylation is 1. The Balaban J connectivity index is 2.05. The van der Waals surface area contributed by atoms with Crippen LogP contribution < -0.4 is 5.32 Å². The molecule has 1 aromatic carbocycles. The summed E-state index contributed by atoms with van der Waals surface area (Å²) in [7, 11) is 1.80. The summed E-state index contributed by atoms with van der Waals surface area (Å²) >= 11 is 5.74. The molecule has 1 N–H and O–H groups in total. The molecule has 0 amide bonds. The molecule has 19 heavy (non-hydrogen) atoms. The highest BCUT2D eigenvalue weighted by molar-refractivity contribution is 6.31. The molecule has 0 unspecified atom stereocenters. The van der Waals surface area contributed by atoms with E-state index in [0.29, 0.717) is 11.5 Å². The Morgan fingerprint density at radius 2 is 2.16 bits per heavy atom. The number of hydrogen-bond acceptors (Lipinski definition) is 4. The Morgan fingerprint density at radius 3 is 2.95 bits per heavy atom. The summed E-state index contributed by atoms with van der Waals surface area (Å²) in [4.78, 5) is 8.28. The largest absolute Gasteiger partial charge is 0.338 e. The third-order valence-corrected chi connectivity index (χ3v) is 3.00. The van der Waals surface area contributed by atoms with Gasteiger partial charge in [-0.05, 0) is 18.2 Å². The maximum Gasteiger partial charge on any atom is 0.160 e. The summed E-state index contributed by atoms with van der Waals surface area (Å²) in [6, 6.07) is 4.39. The maximum atomic E-state index is 13.1. The van der Waals surface area contributed by atoms with Gasteiger partial charge in [0.05, 0.1) is 11.2 Å². The van der Waals surface area contributed by atoms with Crippen molar-refractivity contribution in [3.63, 3.8) is 0 Å². The van der Waals surface area contributed by atoms with E-state index in [1.54, 1.807) is 24.0 Å². The Bertz CT molecular complexity index is 755. The van der Waals surface area contributed by atoms with Gasteiger partial charge in [-0.2, -0.15) is 5.10 Å². The van der Waals surface area contributed by atoms with E-state index >= 15 is 0 Å². The van der Waals surface area contributed by atoms with Crippen molar-refractivity contribution in [3.8, 4) is 0 Å². The van der Waals surface area contributed by atoms with E-state index < -0.39 is 5.82 Å². The van der Waals surface area contributed by atoms with Gasteiger partial charge < -0.3 is 5.32 Å². The van der Waals surface area contributed by atoms with E-state index in [9.17, 15) is 4.39 Å². The molecule has 0 saturated carbocycles. The van der Waals surface area contributed by atoms with Gasteiger partial charge in [-0.3, -0.25) is 4.68 Å². The lowest BCUT2D eigenvalue weighted by atomic mass is 10.3. The molecular weight excluding hydrogens is 269 g/mol. The first-order chi connectivity index (χ1) is 9.15. The number of anilines is 2. The van der Waals surface area contributed by atoms with Gasteiger partial charge in [0.2, 0.25) is 0 Å². The van der Waals surface area contributed by atoms with E-state index in [0.717, 1.165) is 11.0 Å². The lowest BCUT2D eigenvalue weighted by Crippen LogP contribution is -1.99. The number of halogens is 2. The smallest absolute Gasteiger partial charge is 0.160 e. The summed E-state index contributed by atoms with van der Waals surface area (Å²) in [6.07, 6.45) is 3.09. The lowest BCUT2D eigenvalue weighted by Gasteiger charge is -2.07. The number of aromatic nitrogens is 4. The van der Waals surface area contributed by atoms with Crippen molar-refractivity contribution in [1.82, 2.24) is 19.7 Å². The zero-order valence-electron chi connectivity index (χ0n) is 9.93. The fourth-order valence-corrected chi connectivity index (χ4v) is 1.99. The van der Waals surface area contributed by atoms with E-state index in [1.165, 1.54) is 18.5 Å². The molecule has 0 aliphatic rings. The standard InChI is InChI=1S/C12H9ClFN5/c1-19-11-10(5-17-19)15-6-16-12(11)18-7-2-3-9(14)8(13)4-7/h2-6H,1H3,(H,15,16,18). The molecule has 3 aromatic rings. The van der Waals surface area contributed by atoms with Gasteiger partial charge in [0, 0.05) is 12.7 Å². The van der Waals surface area contributed by atoms with E-state index in [-0.39, 0.29) is 5.02 Å². The molecule has 5 nitrogen and oxygen atoms in total. The topological polar surface area (TPSA) is 55.6 Å². The van der Waals surface area contributed by atoms with Gasteiger partial charge in [0.25, 0.3) is 0 Å². The highest BCUT2D eigenvalue weighted by Gasteiger charge is 2.09. The van der Waals surface area contributed by atoms with Gasteiger partial charge in [-0.25, -0.2) is 14.4 Å². The predicted octanol–water partition coefficient (Wildman–Crippen LogP) is 2.90. The van der Waals surface area contributed by atoms with Crippen molar-refractivity contribution in [3.05, 3.63) is 41.6 Å². The van der Waals surface area contributed by atoms with Crippen LogP contribution in [0.3, 0.4) is 0 Å². The number of nitrogens with one attached hydrogen (secondary N) is 1. The monoisotopic (exact) mass is 277 g/mol. The number of benzene rings is 1. The van der Waals surface area contributed by atoms with Crippen LogP contribution >= 0.6 is 11.6 Å². The Kier molecular flexibility index (Phi) is 2.79. The third kappa shape index (κ3) is 2.10. The first kappa shape index (κ1) is 11.9. The van der Waals surface area contributed by atoms with Gasteiger partial charge in [-0.1, -0.05) is 11.6 Å². The van der Waals surface area contributed by atoms with Crippen LogP contribution in [0.25, 0.3) is 11.0 Å². The summed E-state index contributed by atoms with van der Waals surface area (Å²) in [5.74, 6) is 0.133. The second-order valence-corrected chi connectivity index (χ2v) is 4.39. The molecule has 0 atom stereocenters. The lowest BCUT2D eigenvalue weighted by molar-refractivity contribution is 0.628. The SMILES string of the molecule is Cn1ncc2ncnc(Nc3ccc(F)c(Cl)c3)c21. The molecule has 3 rings (SSSR count). The molecular formula is C12H9ClFN5. The zero-order chi connectivity index (χ0) is 13.4. The first-order valence-electron chi connectivity index (χ1n) is 5.50. The number of nitrogens with zero attached hydrogens (tertiary/aromatic N) is 4. The van der Waals surface area contributed by atoms with Crippen molar-refractivity contribution in [2.45, 2.75) is 0 Å². The second-order valence-electron chi connectivity index (χ2n) is 3.98. The van der Waals surface area contributed by atoms with Crippen LogP contribution in [0, 0.1) is 5.82 Å². The van der Waals surface area contributed by atoms with Crippen molar-refractivity contribution >= 4 is 34.1 Å². The van der Waals surface area contributed by atoms with Crippen LogP contribution in [0.1, 0.15) is 0 Å². The van der Waals surface area contributed by atoms with E-state index in [1.807, 2.05) is 0 Å². The van der Waals surface area contributed by atoms with Crippen LogP contribution in [-0.4, -0.2) is 19.7 Å². The number of rotatable bonds is 2. The number of fused-ring (bicyclic) bond motifs is 1. The minimum absolute atomic E-state index is 0.0558. The molecule has 0 aliphatic heterocycles. The van der Waals surface area contributed by atoms with Crippen molar-refractivity contribution < 1.29 is 4.39 Å². The average Bonchev–Trinajstić information content (AvgIpc) is 2.77. The maximum absolute atomic E-state index is 13.1. The van der Waals surface area contributed by atoms with Crippen molar-refractivity contribution in [1.29, 1.82) is 0 Å². The van der Waals surface area contributed by atoms with Crippen LogP contribution in [0.4, 0.5) is 15.9 Å². The van der Waals surface area contributed by atoms with Crippen LogP contribution in [0.5, 0.6) is 0 Å². The minimum atomic E-state index is -0.458. The van der Waals surface area contributed by atoms with Crippen LogP contribution in [0.15, 0.2) is 30.7 Å². The molecule has 0 saturated heterocycles. The molecule has 2 heterocycles. The third-order valence-electron chi connectivity index (χ3n) is 2.71. The fourth-order valence-electron chi connectivity index (χ4n) is 1.81. The summed E-state index contributed by atoms with van der Waals surface area (Å²) in [6.45, 7) is 0. The molecule has 2 aromatic heterocycles. The van der Waals surface area contributed by atoms with Crippen LogP contribution in [-0.2, 0) is 7.05 Å². The number of hydrogen-bond donors (Lipinski definition) is 1. The molecule has 0 bridgehead atoms. The first-order valence-corrected chi connectivity index (χ1v) is 5.88. The van der Waals surface area contributed by atoms with Gasteiger partial charge >= 0.3 is 0 Å². The molecule has 0 fully saturated rings. The van der Waals surface area contributed by atoms with E-state index in [2.05, 4.69) is 20.4 Å². The molecule has 96 valence electrons. The average molecular weight is 278 g/mol. The predicted molar refractivity (Wildman–Crippen MR) is 71.0 cm³/mol. The van der Waals surface area contributed by atoms with Crippen LogP contribution in [0.2, 0.25) is 5.02 Å². The van der Waals surface area contributed by atoms with Crippen molar-refractivity contribution in [2.24, 2.45) is 7.05 Å². The van der Waals surface area contributed by atoms with Gasteiger partial charge in [0.15, 0.2) is 5.82 Å². The highest BCUT2D eigenvalue weighted by Crippen LogP contribution is 2.25. The van der Waals surface area contributed by atoms with Gasteiger partial charge in [0.1, 0.15) is 23.2 Å². The van der Waals surface area contributed by atoms with Gasteiger partial charge in [-0.15, -0.1) is 0 Å². The van der Waals surface area contributed by atoms with Crippen molar-refractivity contribution in [2.75, 3.05) is 5.32 Å². The quantitative estimate of drug-likeness (QED) is 0.782.